The lowest BCUT2D eigenvalue weighted by Crippen LogP contribution is -1.90. The Balaban J connectivity index is 1.59. The molecule has 3 aromatic carbocycles. The number of aromatic nitrogens is 1. The maximum Gasteiger partial charge on any atom is 0.276 e. The lowest BCUT2D eigenvalue weighted by atomic mass is 10.1. The normalized spacial score (nSPS) is 11.3. The Kier molecular flexibility index (Phi) is 4.52. The number of para-hydroxylation sites is 1. The van der Waals surface area contributed by atoms with Crippen LogP contribution >= 0.6 is 11.3 Å². The molecule has 0 radical (unpaired) electrons. The molecule has 4 rings (SSSR count). The minimum Gasteiger partial charge on any atom is -0.258 e. The second kappa shape index (κ2) is 7.13. The fourth-order valence-electron chi connectivity index (χ4n) is 2.87. The fraction of sp³-hybridized carbons (Fsp3) is 0.0455. The Bertz CT molecular complexity index is 1160. The third kappa shape index (κ3) is 3.64. The summed E-state index contributed by atoms with van der Waals surface area (Å²) in [6.45, 7) is 2.08. The van der Waals surface area contributed by atoms with Crippen molar-refractivity contribution in [2.24, 2.45) is 0 Å². The van der Waals surface area contributed by atoms with Crippen LogP contribution in [0.25, 0.3) is 32.9 Å². The van der Waals surface area contributed by atoms with E-state index in [1.807, 2.05) is 30.3 Å². The number of thiazole rings is 1. The molecular weight excluding hydrogens is 356 g/mol. The molecule has 0 saturated carbocycles. The number of hydrogen-bond acceptors (Lipinski definition) is 4. The van der Waals surface area contributed by atoms with Crippen LogP contribution < -0.4 is 0 Å². The van der Waals surface area contributed by atoms with Gasteiger partial charge in [-0.1, -0.05) is 48.5 Å². The number of fused-ring (bicyclic) bond motifs is 1. The van der Waals surface area contributed by atoms with E-state index < -0.39 is 0 Å². The van der Waals surface area contributed by atoms with Gasteiger partial charge in [0.1, 0.15) is 5.01 Å². The molecule has 0 fully saturated rings. The highest BCUT2D eigenvalue weighted by Crippen LogP contribution is 2.31. The van der Waals surface area contributed by atoms with Crippen LogP contribution in [0.2, 0.25) is 0 Å². The molecule has 0 bridgehead atoms. The monoisotopic (exact) mass is 372 g/mol. The highest BCUT2D eigenvalue weighted by Gasteiger charge is 2.09. The van der Waals surface area contributed by atoms with Crippen LogP contribution in [-0.2, 0) is 0 Å². The minimum atomic E-state index is -0.363. The van der Waals surface area contributed by atoms with Crippen molar-refractivity contribution in [3.8, 4) is 10.6 Å². The zero-order valence-electron chi connectivity index (χ0n) is 14.6. The van der Waals surface area contributed by atoms with Crippen molar-refractivity contribution < 1.29 is 4.92 Å². The molecule has 1 aromatic heterocycles. The van der Waals surface area contributed by atoms with Gasteiger partial charge in [-0.15, -0.1) is 11.3 Å². The minimum absolute atomic E-state index is 0.107. The number of rotatable bonds is 4. The predicted molar refractivity (Wildman–Crippen MR) is 112 cm³/mol. The highest BCUT2D eigenvalue weighted by atomic mass is 32.1. The van der Waals surface area contributed by atoms with Crippen LogP contribution in [-0.4, -0.2) is 9.91 Å². The SMILES string of the molecule is Cc1ccc2nc(-c3ccc(C=Cc4ccccc4[N+](=O)[O-])cc3)sc2c1. The summed E-state index contributed by atoms with van der Waals surface area (Å²) in [5.41, 5.74) is 4.99. The van der Waals surface area contributed by atoms with Crippen LogP contribution in [0, 0.1) is 17.0 Å². The van der Waals surface area contributed by atoms with Gasteiger partial charge >= 0.3 is 0 Å². The molecule has 1 heterocycles. The number of aryl methyl sites for hydroxylation is 1. The topological polar surface area (TPSA) is 56.0 Å². The lowest BCUT2D eigenvalue weighted by molar-refractivity contribution is -0.385. The van der Waals surface area contributed by atoms with Gasteiger partial charge < -0.3 is 0 Å². The lowest BCUT2D eigenvalue weighted by Gasteiger charge is -1.99. The molecule has 0 unspecified atom stereocenters. The van der Waals surface area contributed by atoms with Crippen molar-refractivity contribution >= 4 is 39.4 Å². The summed E-state index contributed by atoms with van der Waals surface area (Å²) in [6, 6.07) is 21.1. The van der Waals surface area contributed by atoms with E-state index in [9.17, 15) is 10.1 Å². The summed E-state index contributed by atoms with van der Waals surface area (Å²) in [4.78, 5) is 15.4. The first kappa shape index (κ1) is 17.1. The molecule has 5 heteroatoms. The predicted octanol–water partition coefficient (Wildman–Crippen LogP) is 6.35. The molecule has 0 aliphatic carbocycles. The average molecular weight is 372 g/mol. The van der Waals surface area contributed by atoms with Gasteiger partial charge in [0.05, 0.1) is 20.7 Å². The standard InChI is InChI=1S/C22H16N2O2S/c1-15-6-13-19-21(14-15)27-22(23-19)18-11-8-16(9-12-18)7-10-17-4-2-3-5-20(17)24(25)26/h2-14H,1H3. The molecule has 0 aliphatic rings. The Morgan fingerprint density at radius 3 is 2.56 bits per heavy atom. The van der Waals surface area contributed by atoms with Gasteiger partial charge in [0.2, 0.25) is 0 Å². The van der Waals surface area contributed by atoms with Crippen LogP contribution in [0.1, 0.15) is 16.7 Å². The Labute approximate surface area is 160 Å². The van der Waals surface area contributed by atoms with Crippen molar-refractivity contribution in [1.82, 2.24) is 4.98 Å². The number of nitro benzene ring substituents is 1. The molecule has 0 saturated heterocycles. The van der Waals surface area contributed by atoms with Crippen LogP contribution in [0.4, 0.5) is 5.69 Å². The van der Waals surface area contributed by atoms with E-state index in [1.165, 1.54) is 16.3 Å². The quantitative estimate of drug-likeness (QED) is 0.238. The van der Waals surface area contributed by atoms with Gasteiger partial charge in [-0.05, 0) is 42.3 Å². The van der Waals surface area contributed by atoms with E-state index >= 15 is 0 Å². The summed E-state index contributed by atoms with van der Waals surface area (Å²) in [5, 5.41) is 12.1. The van der Waals surface area contributed by atoms with Crippen molar-refractivity contribution in [2.45, 2.75) is 6.92 Å². The molecule has 0 N–H and O–H groups in total. The van der Waals surface area contributed by atoms with E-state index in [1.54, 1.807) is 35.6 Å². The van der Waals surface area contributed by atoms with Crippen LogP contribution in [0.3, 0.4) is 0 Å². The molecule has 0 amide bonds. The van der Waals surface area contributed by atoms with Gasteiger partial charge in [0.15, 0.2) is 0 Å². The Morgan fingerprint density at radius 1 is 1.00 bits per heavy atom. The van der Waals surface area contributed by atoms with Gasteiger partial charge in [0.25, 0.3) is 5.69 Å². The number of hydrogen-bond donors (Lipinski definition) is 0. The first-order chi connectivity index (χ1) is 13.1. The van der Waals surface area contributed by atoms with Gasteiger partial charge in [0, 0.05) is 11.6 Å². The summed E-state index contributed by atoms with van der Waals surface area (Å²) >= 11 is 1.68. The smallest absolute Gasteiger partial charge is 0.258 e. The Hall–Kier alpha value is -3.31. The second-order valence-electron chi connectivity index (χ2n) is 6.26. The molecule has 0 spiro atoms. The molecule has 0 aliphatic heterocycles. The molecule has 132 valence electrons. The van der Waals surface area contributed by atoms with E-state index in [0.29, 0.717) is 5.56 Å². The van der Waals surface area contributed by atoms with Crippen molar-refractivity contribution in [1.29, 1.82) is 0 Å². The van der Waals surface area contributed by atoms with E-state index in [0.717, 1.165) is 21.7 Å². The van der Waals surface area contributed by atoms with Crippen molar-refractivity contribution in [3.63, 3.8) is 0 Å². The summed E-state index contributed by atoms with van der Waals surface area (Å²) in [6.07, 6.45) is 3.65. The van der Waals surface area contributed by atoms with E-state index in [4.69, 9.17) is 4.98 Å². The molecular formula is C22H16N2O2S. The maximum atomic E-state index is 11.1. The van der Waals surface area contributed by atoms with Gasteiger partial charge in [-0.3, -0.25) is 10.1 Å². The van der Waals surface area contributed by atoms with Gasteiger partial charge in [-0.25, -0.2) is 4.98 Å². The number of nitrogens with zero attached hydrogens (tertiary/aromatic N) is 2. The molecule has 0 atom stereocenters. The second-order valence-corrected chi connectivity index (χ2v) is 7.29. The fourth-order valence-corrected chi connectivity index (χ4v) is 3.94. The van der Waals surface area contributed by atoms with Crippen molar-refractivity contribution in [2.75, 3.05) is 0 Å². The van der Waals surface area contributed by atoms with E-state index in [2.05, 4.69) is 25.1 Å². The maximum absolute atomic E-state index is 11.1. The number of nitro groups is 1. The van der Waals surface area contributed by atoms with Crippen LogP contribution in [0.15, 0.2) is 66.7 Å². The third-order valence-electron chi connectivity index (χ3n) is 4.29. The molecule has 4 aromatic rings. The molecule has 4 nitrogen and oxygen atoms in total. The zero-order chi connectivity index (χ0) is 18.8. The first-order valence-electron chi connectivity index (χ1n) is 8.49. The largest absolute Gasteiger partial charge is 0.276 e. The Morgan fingerprint density at radius 2 is 1.78 bits per heavy atom. The van der Waals surface area contributed by atoms with Gasteiger partial charge in [-0.2, -0.15) is 0 Å². The van der Waals surface area contributed by atoms with Crippen molar-refractivity contribution in [3.05, 3.63) is 93.5 Å². The summed E-state index contributed by atoms with van der Waals surface area (Å²) in [7, 11) is 0. The van der Waals surface area contributed by atoms with Crippen LogP contribution in [0.5, 0.6) is 0 Å². The molecule has 27 heavy (non-hydrogen) atoms. The highest BCUT2D eigenvalue weighted by molar-refractivity contribution is 7.21. The number of benzene rings is 3. The summed E-state index contributed by atoms with van der Waals surface area (Å²) < 4.78 is 1.19. The van der Waals surface area contributed by atoms with E-state index in [-0.39, 0.29) is 10.6 Å². The average Bonchev–Trinajstić information content (AvgIpc) is 3.10. The summed E-state index contributed by atoms with van der Waals surface area (Å²) in [5.74, 6) is 0. The zero-order valence-corrected chi connectivity index (χ0v) is 15.4. The third-order valence-corrected chi connectivity index (χ3v) is 5.36. The first-order valence-corrected chi connectivity index (χ1v) is 9.31.